The predicted octanol–water partition coefficient (Wildman–Crippen LogP) is 8.39. The molecule has 2 N–H and O–H groups in total. The number of ether oxygens (including phenoxy) is 2. The first-order chi connectivity index (χ1) is 19.6. The van der Waals surface area contributed by atoms with E-state index in [1.54, 1.807) is 31.4 Å². The highest BCUT2D eigenvalue weighted by Gasteiger charge is 2.27. The van der Waals surface area contributed by atoms with Gasteiger partial charge in [0.15, 0.2) is 0 Å². The molecule has 0 atom stereocenters. The van der Waals surface area contributed by atoms with Crippen LogP contribution in [0.3, 0.4) is 0 Å². The van der Waals surface area contributed by atoms with E-state index >= 15 is 0 Å². The summed E-state index contributed by atoms with van der Waals surface area (Å²) in [5.74, 6) is -1.04. The van der Waals surface area contributed by atoms with Gasteiger partial charge in [0.25, 0.3) is 0 Å². The average molecular weight is 555 g/mol. The lowest BCUT2D eigenvalue weighted by Gasteiger charge is -2.33. The molecule has 0 amide bonds. The monoisotopic (exact) mass is 554 g/mol. The van der Waals surface area contributed by atoms with E-state index in [9.17, 15) is 13.6 Å². The zero-order valence-corrected chi connectivity index (χ0v) is 23.7. The van der Waals surface area contributed by atoms with Crippen molar-refractivity contribution in [2.24, 2.45) is 0 Å². The zero-order chi connectivity index (χ0) is 29.3. The quantitative estimate of drug-likeness (QED) is 0.177. The Bertz CT molecular complexity index is 1680. The van der Waals surface area contributed by atoms with Crippen LogP contribution in [0.15, 0.2) is 78.9 Å². The topological polar surface area (TPSA) is 59.6 Å². The maximum Gasteiger partial charge on any atom is 0.346 e. The van der Waals surface area contributed by atoms with Gasteiger partial charge >= 0.3 is 5.97 Å². The number of anilines is 2. The van der Waals surface area contributed by atoms with Crippen molar-refractivity contribution in [2.75, 3.05) is 17.7 Å². The van der Waals surface area contributed by atoms with Gasteiger partial charge in [-0.05, 0) is 92.4 Å². The second kappa shape index (κ2) is 11.1. The Morgan fingerprint density at radius 2 is 1.71 bits per heavy atom. The number of aryl methyl sites for hydroxylation is 1. The van der Waals surface area contributed by atoms with Crippen LogP contribution >= 0.6 is 0 Å². The highest BCUT2D eigenvalue weighted by Crippen LogP contribution is 2.43. The number of methoxy groups -OCH3 is 1. The highest BCUT2D eigenvalue weighted by molar-refractivity contribution is 5.92. The van der Waals surface area contributed by atoms with Crippen molar-refractivity contribution in [1.29, 1.82) is 0 Å². The minimum atomic E-state index is -0.795. The van der Waals surface area contributed by atoms with E-state index < -0.39 is 11.8 Å². The normalized spacial score (nSPS) is 13.5. The Kier molecular flexibility index (Phi) is 7.54. The molecule has 7 heteroatoms. The Labute approximate surface area is 238 Å². The summed E-state index contributed by atoms with van der Waals surface area (Å²) in [4.78, 5) is 12.6. The summed E-state index contributed by atoms with van der Waals surface area (Å²) in [6.45, 7) is 8.67. The van der Waals surface area contributed by atoms with Gasteiger partial charge in [-0.2, -0.15) is 0 Å². The van der Waals surface area contributed by atoms with Gasteiger partial charge in [0.1, 0.15) is 23.1 Å². The summed E-state index contributed by atoms with van der Waals surface area (Å²) < 4.78 is 39.4. The third kappa shape index (κ3) is 5.80. The van der Waals surface area contributed by atoms with Crippen LogP contribution in [0.4, 0.5) is 20.2 Å². The Morgan fingerprint density at radius 3 is 2.46 bits per heavy atom. The molecule has 4 aromatic rings. The molecule has 41 heavy (non-hydrogen) atoms. The first-order valence-electron chi connectivity index (χ1n) is 13.4. The van der Waals surface area contributed by atoms with E-state index in [-0.39, 0.29) is 22.7 Å². The molecular weight excluding hydrogens is 522 g/mol. The molecule has 0 bridgehead atoms. The number of carbonyl (C=O) groups is 1. The molecule has 1 aliphatic rings. The molecule has 0 fully saturated rings. The van der Waals surface area contributed by atoms with E-state index in [0.717, 1.165) is 39.1 Å². The third-order valence-corrected chi connectivity index (χ3v) is 7.16. The van der Waals surface area contributed by atoms with Crippen molar-refractivity contribution in [3.8, 4) is 22.6 Å². The second-order valence-electron chi connectivity index (χ2n) is 10.7. The van der Waals surface area contributed by atoms with Gasteiger partial charge < -0.3 is 20.1 Å². The van der Waals surface area contributed by atoms with E-state index in [1.165, 1.54) is 30.3 Å². The summed E-state index contributed by atoms with van der Waals surface area (Å²) in [6, 6.07) is 19.5. The van der Waals surface area contributed by atoms with Crippen molar-refractivity contribution in [2.45, 2.75) is 39.8 Å². The van der Waals surface area contributed by atoms with Crippen LogP contribution in [-0.2, 0) is 6.54 Å². The summed E-state index contributed by atoms with van der Waals surface area (Å²) >= 11 is 0. The van der Waals surface area contributed by atoms with Crippen molar-refractivity contribution in [3.05, 3.63) is 113 Å². The lowest BCUT2D eigenvalue weighted by atomic mass is 9.85. The van der Waals surface area contributed by atoms with Crippen LogP contribution in [0, 0.1) is 18.6 Å². The van der Waals surface area contributed by atoms with E-state index in [1.807, 2.05) is 25.1 Å². The summed E-state index contributed by atoms with van der Waals surface area (Å²) in [5, 5.41) is 7.03. The molecule has 4 aromatic carbocycles. The van der Waals surface area contributed by atoms with Gasteiger partial charge in [-0.1, -0.05) is 30.3 Å². The van der Waals surface area contributed by atoms with Crippen LogP contribution in [0.2, 0.25) is 0 Å². The molecule has 0 saturated carbocycles. The molecule has 1 aliphatic heterocycles. The van der Waals surface area contributed by atoms with E-state index in [0.29, 0.717) is 18.0 Å². The van der Waals surface area contributed by atoms with Crippen molar-refractivity contribution in [1.82, 2.24) is 0 Å². The molecule has 5 rings (SSSR count). The van der Waals surface area contributed by atoms with Gasteiger partial charge in [0.05, 0.1) is 18.2 Å². The molecular formula is C34H32F2N2O3. The Morgan fingerprint density at radius 1 is 0.951 bits per heavy atom. The highest BCUT2D eigenvalue weighted by atomic mass is 19.1. The molecule has 0 saturated heterocycles. The molecule has 0 radical (unpaired) electrons. The Balaban J connectivity index is 1.56. The summed E-state index contributed by atoms with van der Waals surface area (Å²) in [6.07, 6.45) is 2.19. The third-order valence-electron chi connectivity index (χ3n) is 7.16. The molecule has 5 nitrogen and oxygen atoms in total. The predicted molar refractivity (Wildman–Crippen MR) is 160 cm³/mol. The minimum absolute atomic E-state index is 0.149. The fourth-order valence-corrected chi connectivity index (χ4v) is 5.35. The molecule has 0 aliphatic carbocycles. The van der Waals surface area contributed by atoms with E-state index in [2.05, 4.69) is 37.5 Å². The number of benzene rings is 4. The Hall–Kier alpha value is -4.65. The summed E-state index contributed by atoms with van der Waals surface area (Å²) in [5.41, 5.74) is 7.14. The largest absolute Gasteiger partial charge is 0.496 e. The molecule has 0 unspecified atom stereocenters. The number of carbonyl (C=O) groups excluding carboxylic acids is 1. The number of halogens is 2. The fourth-order valence-electron chi connectivity index (χ4n) is 5.35. The first kappa shape index (κ1) is 27.9. The van der Waals surface area contributed by atoms with Crippen LogP contribution in [0.1, 0.15) is 47.8 Å². The maximum atomic E-state index is 14.1. The number of nitrogens with one attached hydrogen (secondary N) is 2. The fraction of sp³-hybridized carbons (Fsp3) is 0.206. The van der Waals surface area contributed by atoms with Gasteiger partial charge in [-0.3, -0.25) is 0 Å². The number of allylic oxidation sites excluding steroid dienone is 1. The van der Waals surface area contributed by atoms with Gasteiger partial charge in [0.2, 0.25) is 0 Å². The van der Waals surface area contributed by atoms with Gasteiger partial charge in [-0.25, -0.2) is 13.6 Å². The average Bonchev–Trinajstić information content (AvgIpc) is 2.92. The first-order valence-corrected chi connectivity index (χ1v) is 13.4. The lowest BCUT2D eigenvalue weighted by molar-refractivity contribution is 0.0729. The zero-order valence-electron chi connectivity index (χ0n) is 23.7. The number of rotatable bonds is 7. The second-order valence-corrected chi connectivity index (χ2v) is 10.7. The van der Waals surface area contributed by atoms with Crippen molar-refractivity contribution in [3.63, 3.8) is 0 Å². The summed E-state index contributed by atoms with van der Waals surface area (Å²) in [7, 11) is 1.54. The molecule has 0 aromatic heterocycles. The number of hydrogen-bond acceptors (Lipinski definition) is 5. The standard InChI is InChI=1S/C34H32F2N2O3/c1-20-10-11-22(35)16-30(20)37-19-27-24(14-15-29-32(27)21(2)18-34(3,4)38-29)25-13-12-23(17-31(25)40-5)41-33(39)26-8-6-7-9-28(26)36/h6-18,37-38H,19H2,1-5H3. The van der Waals surface area contributed by atoms with Gasteiger partial charge in [-0.15, -0.1) is 0 Å². The maximum absolute atomic E-state index is 14.1. The SMILES string of the molecule is COc1cc(OC(=O)c2ccccc2F)ccc1-c1ccc2c(c1CNc1cc(F)ccc1C)C(C)=CC(C)(C)N2. The smallest absolute Gasteiger partial charge is 0.346 e. The van der Waals surface area contributed by atoms with Gasteiger partial charge in [0, 0.05) is 35.1 Å². The molecule has 1 heterocycles. The minimum Gasteiger partial charge on any atom is -0.496 e. The van der Waals surface area contributed by atoms with Crippen LogP contribution in [0.5, 0.6) is 11.5 Å². The van der Waals surface area contributed by atoms with Crippen molar-refractivity contribution < 1.29 is 23.0 Å². The van der Waals surface area contributed by atoms with E-state index in [4.69, 9.17) is 9.47 Å². The number of esters is 1. The number of hydrogen-bond donors (Lipinski definition) is 2. The number of fused-ring (bicyclic) bond motifs is 1. The molecule has 0 spiro atoms. The van der Waals surface area contributed by atoms with Crippen LogP contribution in [0.25, 0.3) is 16.7 Å². The van der Waals surface area contributed by atoms with Crippen molar-refractivity contribution >= 4 is 22.9 Å². The van der Waals surface area contributed by atoms with Crippen LogP contribution < -0.4 is 20.1 Å². The molecule has 210 valence electrons. The van der Waals surface area contributed by atoms with Crippen LogP contribution in [-0.4, -0.2) is 18.6 Å². The lowest BCUT2D eigenvalue weighted by Crippen LogP contribution is -2.32.